The standard InChI is InChI=1S/C11H22N2O3/c1-16-10(5-12)11(15)13-6-8-3-2-4-9(8)7-14/h8-10,14H,2-7,12H2,1H3,(H,13,15). The van der Waals surface area contributed by atoms with Crippen molar-refractivity contribution in [3.05, 3.63) is 0 Å². The second-order valence-electron chi connectivity index (χ2n) is 4.34. The summed E-state index contributed by atoms with van der Waals surface area (Å²) in [6.07, 6.45) is 2.71. The highest BCUT2D eigenvalue weighted by Crippen LogP contribution is 2.30. The average molecular weight is 230 g/mol. The van der Waals surface area contributed by atoms with Crippen LogP contribution in [-0.4, -0.2) is 43.9 Å². The van der Waals surface area contributed by atoms with E-state index in [0.717, 1.165) is 19.3 Å². The Bertz CT molecular complexity index is 219. The van der Waals surface area contributed by atoms with E-state index < -0.39 is 6.10 Å². The van der Waals surface area contributed by atoms with Crippen LogP contribution in [0.3, 0.4) is 0 Å². The van der Waals surface area contributed by atoms with Gasteiger partial charge in [-0.3, -0.25) is 4.79 Å². The van der Waals surface area contributed by atoms with Crippen LogP contribution < -0.4 is 11.1 Å². The Labute approximate surface area is 96.3 Å². The smallest absolute Gasteiger partial charge is 0.250 e. The molecule has 0 aliphatic heterocycles. The number of nitrogens with two attached hydrogens (primary N) is 1. The van der Waals surface area contributed by atoms with E-state index in [1.54, 1.807) is 0 Å². The van der Waals surface area contributed by atoms with Crippen LogP contribution >= 0.6 is 0 Å². The lowest BCUT2D eigenvalue weighted by atomic mass is 9.97. The maximum absolute atomic E-state index is 11.6. The lowest BCUT2D eigenvalue weighted by molar-refractivity contribution is -0.130. The molecule has 0 aromatic carbocycles. The van der Waals surface area contributed by atoms with E-state index in [1.807, 2.05) is 0 Å². The molecule has 0 saturated heterocycles. The van der Waals surface area contributed by atoms with Crippen LogP contribution in [0, 0.1) is 11.8 Å². The van der Waals surface area contributed by atoms with Gasteiger partial charge in [-0.2, -0.15) is 0 Å². The number of carbonyl (C=O) groups is 1. The summed E-state index contributed by atoms with van der Waals surface area (Å²) in [5, 5.41) is 12.0. The number of hydrogen-bond acceptors (Lipinski definition) is 4. The van der Waals surface area contributed by atoms with Crippen molar-refractivity contribution >= 4 is 5.91 Å². The highest BCUT2D eigenvalue weighted by Gasteiger charge is 2.27. The summed E-state index contributed by atoms with van der Waals surface area (Å²) >= 11 is 0. The molecule has 0 heterocycles. The first-order chi connectivity index (χ1) is 7.72. The number of aliphatic hydroxyl groups excluding tert-OH is 1. The molecule has 5 heteroatoms. The van der Waals surface area contributed by atoms with Gasteiger partial charge in [0.25, 0.3) is 0 Å². The fourth-order valence-electron chi connectivity index (χ4n) is 2.28. The zero-order valence-corrected chi connectivity index (χ0v) is 9.82. The second-order valence-corrected chi connectivity index (χ2v) is 4.34. The number of hydrogen-bond donors (Lipinski definition) is 3. The summed E-state index contributed by atoms with van der Waals surface area (Å²) in [5.41, 5.74) is 5.40. The lowest BCUT2D eigenvalue weighted by Gasteiger charge is -2.19. The Balaban J connectivity index is 2.30. The molecule has 3 atom stereocenters. The molecule has 0 aromatic heterocycles. The Hall–Kier alpha value is -0.650. The Morgan fingerprint density at radius 3 is 2.81 bits per heavy atom. The Morgan fingerprint density at radius 2 is 2.25 bits per heavy atom. The summed E-state index contributed by atoms with van der Waals surface area (Å²) in [6, 6.07) is 0. The molecule has 1 aliphatic carbocycles. The fourth-order valence-corrected chi connectivity index (χ4v) is 2.28. The van der Waals surface area contributed by atoms with Gasteiger partial charge < -0.3 is 20.9 Å². The first kappa shape index (κ1) is 13.4. The van der Waals surface area contributed by atoms with Gasteiger partial charge in [0.1, 0.15) is 6.10 Å². The number of aliphatic hydroxyl groups is 1. The van der Waals surface area contributed by atoms with Crippen LogP contribution in [0.5, 0.6) is 0 Å². The topological polar surface area (TPSA) is 84.6 Å². The van der Waals surface area contributed by atoms with E-state index in [2.05, 4.69) is 5.32 Å². The molecule has 1 rings (SSSR count). The molecule has 0 radical (unpaired) electrons. The third-order valence-corrected chi connectivity index (χ3v) is 3.38. The van der Waals surface area contributed by atoms with Crippen molar-refractivity contribution in [1.82, 2.24) is 5.32 Å². The van der Waals surface area contributed by atoms with Gasteiger partial charge in [0.2, 0.25) is 5.91 Å². The molecule has 0 bridgehead atoms. The predicted octanol–water partition coefficient (Wildman–Crippen LogP) is -0.515. The van der Waals surface area contributed by atoms with Crippen molar-refractivity contribution in [2.24, 2.45) is 17.6 Å². The molecule has 0 spiro atoms. The van der Waals surface area contributed by atoms with Crippen LogP contribution in [0.2, 0.25) is 0 Å². The highest BCUT2D eigenvalue weighted by atomic mass is 16.5. The summed E-state index contributed by atoms with van der Waals surface area (Å²) in [5.74, 6) is 0.567. The van der Waals surface area contributed by atoms with Gasteiger partial charge >= 0.3 is 0 Å². The van der Waals surface area contributed by atoms with Crippen molar-refractivity contribution in [1.29, 1.82) is 0 Å². The summed E-state index contributed by atoms with van der Waals surface area (Å²) in [4.78, 5) is 11.6. The summed E-state index contributed by atoms with van der Waals surface area (Å²) in [7, 11) is 1.48. The Kier molecular flexibility index (Phi) is 5.73. The van der Waals surface area contributed by atoms with Crippen LogP contribution in [0.4, 0.5) is 0 Å². The van der Waals surface area contributed by atoms with Crippen molar-refractivity contribution in [2.45, 2.75) is 25.4 Å². The molecule has 1 amide bonds. The first-order valence-electron chi connectivity index (χ1n) is 5.84. The second kappa shape index (κ2) is 6.83. The largest absolute Gasteiger partial charge is 0.396 e. The number of rotatable bonds is 6. The third-order valence-electron chi connectivity index (χ3n) is 3.38. The number of amides is 1. The molecular formula is C11H22N2O3. The van der Waals surface area contributed by atoms with E-state index >= 15 is 0 Å². The molecule has 16 heavy (non-hydrogen) atoms. The van der Waals surface area contributed by atoms with Crippen LogP contribution in [-0.2, 0) is 9.53 Å². The van der Waals surface area contributed by atoms with E-state index in [9.17, 15) is 4.79 Å². The quantitative estimate of drug-likeness (QED) is 0.573. The first-order valence-corrected chi connectivity index (χ1v) is 5.84. The molecule has 3 unspecified atom stereocenters. The van der Waals surface area contributed by atoms with E-state index in [4.69, 9.17) is 15.6 Å². The molecule has 1 aliphatic rings. The molecule has 4 N–H and O–H groups in total. The van der Waals surface area contributed by atoms with Crippen LogP contribution in [0.15, 0.2) is 0 Å². The minimum atomic E-state index is -0.561. The maximum Gasteiger partial charge on any atom is 0.250 e. The number of nitrogens with one attached hydrogen (secondary N) is 1. The fraction of sp³-hybridized carbons (Fsp3) is 0.909. The predicted molar refractivity (Wildman–Crippen MR) is 60.8 cm³/mol. The average Bonchev–Trinajstić information content (AvgIpc) is 2.75. The van der Waals surface area contributed by atoms with Crippen molar-refractivity contribution in [2.75, 3.05) is 26.8 Å². The van der Waals surface area contributed by atoms with Crippen molar-refractivity contribution < 1.29 is 14.6 Å². The van der Waals surface area contributed by atoms with Gasteiger partial charge in [-0.25, -0.2) is 0 Å². The maximum atomic E-state index is 11.6. The molecule has 0 aromatic rings. The molecular weight excluding hydrogens is 208 g/mol. The van der Waals surface area contributed by atoms with Gasteiger partial charge in [-0.1, -0.05) is 6.42 Å². The van der Waals surface area contributed by atoms with Crippen LogP contribution in [0.1, 0.15) is 19.3 Å². The SMILES string of the molecule is COC(CN)C(=O)NCC1CCCC1CO. The minimum Gasteiger partial charge on any atom is -0.396 e. The zero-order valence-electron chi connectivity index (χ0n) is 9.82. The summed E-state index contributed by atoms with van der Waals surface area (Å²) < 4.78 is 4.94. The van der Waals surface area contributed by atoms with Gasteiger partial charge in [-0.05, 0) is 24.7 Å². The lowest BCUT2D eigenvalue weighted by Crippen LogP contribution is -2.42. The van der Waals surface area contributed by atoms with E-state index in [1.165, 1.54) is 7.11 Å². The van der Waals surface area contributed by atoms with Gasteiger partial charge in [-0.15, -0.1) is 0 Å². The van der Waals surface area contributed by atoms with Crippen LogP contribution in [0.25, 0.3) is 0 Å². The zero-order chi connectivity index (χ0) is 12.0. The van der Waals surface area contributed by atoms with E-state index in [0.29, 0.717) is 18.4 Å². The highest BCUT2D eigenvalue weighted by molar-refractivity contribution is 5.80. The third kappa shape index (κ3) is 3.43. The normalized spacial score (nSPS) is 26.7. The monoisotopic (exact) mass is 230 g/mol. The number of ether oxygens (including phenoxy) is 1. The molecule has 1 saturated carbocycles. The molecule has 94 valence electrons. The number of methoxy groups -OCH3 is 1. The van der Waals surface area contributed by atoms with Crippen molar-refractivity contribution in [3.63, 3.8) is 0 Å². The van der Waals surface area contributed by atoms with E-state index in [-0.39, 0.29) is 19.1 Å². The van der Waals surface area contributed by atoms with Gasteiger partial charge in [0.15, 0.2) is 0 Å². The van der Waals surface area contributed by atoms with Crippen molar-refractivity contribution in [3.8, 4) is 0 Å². The van der Waals surface area contributed by atoms with Gasteiger partial charge in [0.05, 0.1) is 0 Å². The molecule has 1 fully saturated rings. The Morgan fingerprint density at radius 1 is 1.56 bits per heavy atom. The number of carbonyl (C=O) groups excluding carboxylic acids is 1. The van der Waals surface area contributed by atoms with Gasteiger partial charge in [0, 0.05) is 26.8 Å². The minimum absolute atomic E-state index is 0.159. The summed E-state index contributed by atoms with van der Waals surface area (Å²) in [6.45, 7) is 1.02. The molecule has 5 nitrogen and oxygen atoms in total.